The lowest BCUT2D eigenvalue weighted by molar-refractivity contribution is -0.143. The Balaban J connectivity index is 2.30. The maximum atomic E-state index is 14.0. The van der Waals surface area contributed by atoms with Crippen molar-refractivity contribution in [1.29, 1.82) is 0 Å². The minimum absolute atomic E-state index is 0.118. The molecule has 0 radical (unpaired) electrons. The number of hydrogen-bond donors (Lipinski definition) is 5. The summed E-state index contributed by atoms with van der Waals surface area (Å²) in [7, 11) is 0. The van der Waals surface area contributed by atoms with E-state index in [9.17, 15) is 24.3 Å². The van der Waals surface area contributed by atoms with Gasteiger partial charge in [0.1, 0.15) is 6.04 Å². The summed E-state index contributed by atoms with van der Waals surface area (Å²) in [4.78, 5) is 53.2. The zero-order valence-corrected chi connectivity index (χ0v) is 27.3. The van der Waals surface area contributed by atoms with Gasteiger partial charge in [-0.05, 0) is 81.0 Å². The van der Waals surface area contributed by atoms with E-state index >= 15 is 0 Å². The Kier molecular flexibility index (Phi) is 16.5. The number of benzene rings is 2. The monoisotopic (exact) mass is 622 g/mol. The summed E-state index contributed by atoms with van der Waals surface area (Å²) >= 11 is 0. The van der Waals surface area contributed by atoms with Crippen molar-refractivity contribution in [2.45, 2.75) is 97.1 Å². The van der Waals surface area contributed by atoms with Crippen molar-refractivity contribution >= 4 is 23.6 Å². The summed E-state index contributed by atoms with van der Waals surface area (Å²) in [6, 6.07) is 17.4. The summed E-state index contributed by atoms with van der Waals surface area (Å²) in [5, 5.41) is 15.4. The van der Waals surface area contributed by atoms with Crippen LogP contribution in [0.4, 0.5) is 0 Å². The van der Waals surface area contributed by atoms with Gasteiger partial charge in [0.05, 0.1) is 6.04 Å². The molecule has 9 nitrogen and oxygen atoms in total. The smallest absolute Gasteiger partial charge is 0.326 e. The van der Waals surface area contributed by atoms with Gasteiger partial charge < -0.3 is 27.2 Å². The van der Waals surface area contributed by atoms with E-state index in [1.807, 2.05) is 60.7 Å². The number of nitrogens with two attached hydrogens (primary N) is 2. The second kappa shape index (κ2) is 19.7. The SMILES string of the molecule is CC(C)(C)C[C@H](Cc1ccccc1)C(=O)N[C@H](Cc1ccccc1)C(=O)C[C@H](CCCCN)C(=O)N[C@H](CCCCN)C(=O)O. The predicted octanol–water partition coefficient (Wildman–Crippen LogP) is 4.41. The van der Waals surface area contributed by atoms with Gasteiger partial charge in [-0.2, -0.15) is 0 Å². The normalized spacial score (nSPS) is 14.2. The fourth-order valence-corrected chi connectivity index (χ4v) is 5.57. The standard InChI is InChI=1S/C36H54N4O5/c1-36(2,3)25-29(22-26-14-6-4-7-15-26)34(43)40-31(23-27-16-8-5-9-17-27)32(41)24-28(18-10-12-20-37)33(42)39-30(35(44)45)19-11-13-21-38/h4-9,14-17,28-31H,10-13,18-25,37-38H2,1-3H3,(H,39,42)(H,40,43)(H,44,45)/t28-,29-,30+,31+/m0/s1. The van der Waals surface area contributed by atoms with Gasteiger partial charge in [0.2, 0.25) is 11.8 Å². The van der Waals surface area contributed by atoms with Crippen molar-refractivity contribution in [3.63, 3.8) is 0 Å². The lowest BCUT2D eigenvalue weighted by atomic mass is 9.81. The van der Waals surface area contributed by atoms with Crippen molar-refractivity contribution in [2.75, 3.05) is 13.1 Å². The molecule has 0 aliphatic heterocycles. The molecule has 4 atom stereocenters. The number of carboxylic acid groups (broad SMARTS) is 1. The van der Waals surface area contributed by atoms with Crippen LogP contribution in [0.2, 0.25) is 0 Å². The van der Waals surface area contributed by atoms with Crippen LogP contribution < -0.4 is 22.1 Å². The second-order valence-corrected chi connectivity index (χ2v) is 13.2. The largest absolute Gasteiger partial charge is 0.480 e. The van der Waals surface area contributed by atoms with Gasteiger partial charge in [0, 0.05) is 18.3 Å². The van der Waals surface area contributed by atoms with Crippen LogP contribution in [0.15, 0.2) is 60.7 Å². The number of hydrogen-bond acceptors (Lipinski definition) is 6. The number of ketones is 1. The minimum Gasteiger partial charge on any atom is -0.480 e. The lowest BCUT2D eigenvalue weighted by Gasteiger charge is -2.28. The molecule has 0 aliphatic rings. The van der Waals surface area contributed by atoms with Crippen LogP contribution in [0.5, 0.6) is 0 Å². The number of rotatable bonds is 21. The molecule has 0 aromatic heterocycles. The molecular weight excluding hydrogens is 568 g/mol. The summed E-state index contributed by atoms with van der Waals surface area (Å²) < 4.78 is 0. The third kappa shape index (κ3) is 14.8. The Morgan fingerprint density at radius 3 is 1.69 bits per heavy atom. The number of carbonyl (C=O) groups is 4. The van der Waals surface area contributed by atoms with Gasteiger partial charge in [0.25, 0.3) is 0 Å². The Bertz CT molecular complexity index is 1180. The first kappa shape index (κ1) is 37.6. The van der Waals surface area contributed by atoms with Crippen LogP contribution in [0.1, 0.15) is 83.3 Å². The summed E-state index contributed by atoms with van der Waals surface area (Å²) in [6.45, 7) is 7.16. The van der Waals surface area contributed by atoms with Gasteiger partial charge in [-0.15, -0.1) is 0 Å². The lowest BCUT2D eigenvalue weighted by Crippen LogP contribution is -2.48. The predicted molar refractivity (Wildman–Crippen MR) is 178 cm³/mol. The Hall–Kier alpha value is -3.56. The zero-order valence-electron chi connectivity index (χ0n) is 27.3. The average Bonchev–Trinajstić information content (AvgIpc) is 2.99. The van der Waals surface area contributed by atoms with Gasteiger partial charge in [-0.25, -0.2) is 4.79 Å². The number of Topliss-reactive ketones (excluding diaryl/α,β-unsaturated/α-hetero) is 1. The quantitative estimate of drug-likeness (QED) is 0.129. The molecule has 0 aliphatic carbocycles. The van der Waals surface area contributed by atoms with Crippen LogP contribution in [-0.2, 0) is 32.0 Å². The van der Waals surface area contributed by atoms with Crippen LogP contribution in [0, 0.1) is 17.3 Å². The molecule has 2 amide bonds. The van der Waals surface area contributed by atoms with Crippen LogP contribution in [0.3, 0.4) is 0 Å². The molecule has 0 heterocycles. The molecule has 7 N–H and O–H groups in total. The molecule has 248 valence electrons. The molecule has 2 rings (SSSR count). The second-order valence-electron chi connectivity index (χ2n) is 13.2. The number of unbranched alkanes of at least 4 members (excludes halogenated alkanes) is 2. The van der Waals surface area contributed by atoms with E-state index in [4.69, 9.17) is 11.5 Å². The Labute approximate surface area is 268 Å². The van der Waals surface area contributed by atoms with E-state index < -0.39 is 29.9 Å². The van der Waals surface area contributed by atoms with Crippen LogP contribution in [-0.4, -0.2) is 53.8 Å². The van der Waals surface area contributed by atoms with E-state index in [-0.39, 0.29) is 42.3 Å². The highest BCUT2D eigenvalue weighted by Crippen LogP contribution is 2.27. The van der Waals surface area contributed by atoms with Gasteiger partial charge in [-0.1, -0.05) is 87.9 Å². The molecule has 0 bridgehead atoms. The molecule has 2 aromatic carbocycles. The highest BCUT2D eigenvalue weighted by molar-refractivity contribution is 5.94. The first-order chi connectivity index (χ1) is 21.4. The van der Waals surface area contributed by atoms with E-state index in [0.29, 0.717) is 58.0 Å². The Morgan fingerprint density at radius 2 is 1.18 bits per heavy atom. The van der Waals surface area contributed by atoms with Gasteiger partial charge >= 0.3 is 5.97 Å². The molecule has 0 fully saturated rings. The molecule has 0 unspecified atom stereocenters. The summed E-state index contributed by atoms with van der Waals surface area (Å²) in [5.41, 5.74) is 13.1. The van der Waals surface area contributed by atoms with Crippen molar-refractivity contribution in [2.24, 2.45) is 28.7 Å². The van der Waals surface area contributed by atoms with Crippen LogP contribution in [0.25, 0.3) is 0 Å². The minimum atomic E-state index is -1.12. The fraction of sp³-hybridized carbons (Fsp3) is 0.556. The molecule has 0 saturated carbocycles. The molecule has 45 heavy (non-hydrogen) atoms. The zero-order chi connectivity index (χ0) is 33.2. The van der Waals surface area contributed by atoms with E-state index in [1.165, 1.54) is 0 Å². The number of amides is 2. The maximum absolute atomic E-state index is 14.0. The number of carbonyl (C=O) groups excluding carboxylic acids is 3. The van der Waals surface area contributed by atoms with Crippen molar-refractivity contribution in [3.8, 4) is 0 Å². The topological polar surface area (TPSA) is 165 Å². The maximum Gasteiger partial charge on any atom is 0.326 e. The first-order valence-electron chi connectivity index (χ1n) is 16.3. The summed E-state index contributed by atoms with van der Waals surface area (Å²) in [5.74, 6) is -3.15. The number of aliphatic carboxylic acids is 1. The number of nitrogens with one attached hydrogen (secondary N) is 2. The third-order valence-electron chi connectivity index (χ3n) is 7.93. The Morgan fingerprint density at radius 1 is 0.689 bits per heavy atom. The highest BCUT2D eigenvalue weighted by Gasteiger charge is 2.32. The number of carboxylic acids is 1. The van der Waals surface area contributed by atoms with E-state index in [2.05, 4.69) is 31.4 Å². The van der Waals surface area contributed by atoms with Crippen molar-refractivity contribution in [1.82, 2.24) is 10.6 Å². The molecule has 0 spiro atoms. The molecular formula is C36H54N4O5. The van der Waals surface area contributed by atoms with E-state index in [0.717, 1.165) is 11.1 Å². The highest BCUT2D eigenvalue weighted by atomic mass is 16.4. The van der Waals surface area contributed by atoms with Crippen LogP contribution >= 0.6 is 0 Å². The van der Waals surface area contributed by atoms with Crippen molar-refractivity contribution in [3.05, 3.63) is 71.8 Å². The molecule has 0 saturated heterocycles. The van der Waals surface area contributed by atoms with E-state index in [1.54, 1.807) is 0 Å². The van der Waals surface area contributed by atoms with Gasteiger partial charge in [0.15, 0.2) is 5.78 Å². The summed E-state index contributed by atoms with van der Waals surface area (Å²) in [6.07, 6.45) is 4.49. The fourth-order valence-electron chi connectivity index (χ4n) is 5.57. The molecule has 9 heteroatoms. The first-order valence-corrected chi connectivity index (χ1v) is 16.3. The third-order valence-corrected chi connectivity index (χ3v) is 7.93. The average molecular weight is 623 g/mol. The van der Waals surface area contributed by atoms with Gasteiger partial charge in [-0.3, -0.25) is 14.4 Å². The molecule has 2 aromatic rings. The van der Waals surface area contributed by atoms with Crippen molar-refractivity contribution < 1.29 is 24.3 Å².